The van der Waals surface area contributed by atoms with Gasteiger partial charge in [0.15, 0.2) is 0 Å². The lowest BCUT2D eigenvalue weighted by molar-refractivity contribution is 0.0290. The third kappa shape index (κ3) is 2.91. The molecule has 20 heavy (non-hydrogen) atoms. The Morgan fingerprint density at radius 1 is 1.30 bits per heavy atom. The molecule has 0 aromatic carbocycles. The highest BCUT2D eigenvalue weighted by Gasteiger charge is 2.39. The molecule has 4 heteroatoms. The van der Waals surface area contributed by atoms with Crippen molar-refractivity contribution in [2.24, 2.45) is 18.9 Å². The van der Waals surface area contributed by atoms with Crippen LogP contribution in [0.5, 0.6) is 0 Å². The molecule has 1 aromatic heterocycles. The second kappa shape index (κ2) is 5.86. The van der Waals surface area contributed by atoms with Crippen LogP contribution in [0.15, 0.2) is 12.4 Å². The first-order valence-corrected chi connectivity index (χ1v) is 8.08. The van der Waals surface area contributed by atoms with E-state index in [1.54, 1.807) is 0 Å². The zero-order valence-electron chi connectivity index (χ0n) is 13.0. The van der Waals surface area contributed by atoms with Crippen molar-refractivity contribution < 1.29 is 0 Å². The summed E-state index contributed by atoms with van der Waals surface area (Å²) < 4.78 is 1.89. The van der Waals surface area contributed by atoms with Gasteiger partial charge in [-0.2, -0.15) is 5.10 Å². The number of rotatable bonds is 4. The maximum absolute atomic E-state index is 4.26. The minimum absolute atomic E-state index is 0.692. The molecule has 3 rings (SSSR count). The quantitative estimate of drug-likeness (QED) is 0.913. The summed E-state index contributed by atoms with van der Waals surface area (Å²) in [5.74, 6) is 1.67. The van der Waals surface area contributed by atoms with Crippen LogP contribution in [0.2, 0.25) is 0 Å². The van der Waals surface area contributed by atoms with Crippen molar-refractivity contribution in [3.63, 3.8) is 0 Å². The average Bonchev–Trinajstić information content (AvgIpc) is 2.81. The van der Waals surface area contributed by atoms with Crippen LogP contribution in [0.25, 0.3) is 0 Å². The monoisotopic (exact) mass is 276 g/mol. The Bertz CT molecular complexity index is 425. The fourth-order valence-corrected chi connectivity index (χ4v) is 4.03. The molecule has 1 aromatic rings. The van der Waals surface area contributed by atoms with Crippen LogP contribution in [0.4, 0.5) is 0 Å². The maximum atomic E-state index is 4.26. The first-order chi connectivity index (χ1) is 9.63. The molecule has 2 aliphatic rings. The van der Waals surface area contributed by atoms with Gasteiger partial charge in [0, 0.05) is 50.5 Å². The topological polar surface area (TPSA) is 33.1 Å². The highest BCUT2D eigenvalue weighted by Crippen LogP contribution is 2.35. The molecule has 1 saturated heterocycles. The second-order valence-corrected chi connectivity index (χ2v) is 6.93. The molecule has 1 saturated carbocycles. The number of aromatic nitrogens is 2. The average molecular weight is 276 g/mol. The molecular weight excluding hydrogens is 248 g/mol. The lowest BCUT2D eigenvalue weighted by atomic mass is 9.73. The molecule has 2 bridgehead atoms. The number of fused-ring (bicyclic) bond motifs is 2. The summed E-state index contributed by atoms with van der Waals surface area (Å²) in [6.45, 7) is 8.18. The molecule has 1 aliphatic carbocycles. The zero-order valence-corrected chi connectivity index (χ0v) is 13.0. The van der Waals surface area contributed by atoms with Crippen LogP contribution in [0, 0.1) is 11.8 Å². The molecule has 2 fully saturated rings. The number of nitrogens with one attached hydrogen (secondary N) is 1. The van der Waals surface area contributed by atoms with Gasteiger partial charge in [-0.25, -0.2) is 0 Å². The predicted molar refractivity (Wildman–Crippen MR) is 81.4 cm³/mol. The van der Waals surface area contributed by atoms with Gasteiger partial charge < -0.3 is 10.2 Å². The van der Waals surface area contributed by atoms with E-state index in [9.17, 15) is 0 Å². The normalized spacial score (nSPS) is 30.9. The van der Waals surface area contributed by atoms with Gasteiger partial charge >= 0.3 is 0 Å². The first kappa shape index (κ1) is 14.1. The smallest absolute Gasteiger partial charge is 0.0534 e. The van der Waals surface area contributed by atoms with Gasteiger partial charge in [0.25, 0.3) is 0 Å². The molecule has 2 heterocycles. The van der Waals surface area contributed by atoms with Crippen molar-refractivity contribution in [2.75, 3.05) is 13.1 Å². The van der Waals surface area contributed by atoms with Crippen molar-refractivity contribution in [3.8, 4) is 0 Å². The van der Waals surface area contributed by atoms with E-state index < -0.39 is 0 Å². The van der Waals surface area contributed by atoms with Crippen LogP contribution in [-0.2, 0) is 13.6 Å². The molecule has 1 aliphatic heterocycles. The zero-order chi connectivity index (χ0) is 14.1. The van der Waals surface area contributed by atoms with Gasteiger partial charge in [0.1, 0.15) is 0 Å². The summed E-state index contributed by atoms with van der Waals surface area (Å²) >= 11 is 0. The Morgan fingerprint density at radius 2 is 2.00 bits per heavy atom. The van der Waals surface area contributed by atoms with Gasteiger partial charge in [-0.15, -0.1) is 0 Å². The van der Waals surface area contributed by atoms with Crippen LogP contribution in [0.1, 0.15) is 38.7 Å². The minimum atomic E-state index is 0.692. The lowest BCUT2D eigenvalue weighted by Crippen LogP contribution is -2.58. The minimum Gasteiger partial charge on any atom is -0.309 e. The fourth-order valence-electron chi connectivity index (χ4n) is 4.03. The summed E-state index contributed by atoms with van der Waals surface area (Å²) in [5.41, 5.74) is 1.30. The second-order valence-electron chi connectivity index (χ2n) is 6.93. The largest absolute Gasteiger partial charge is 0.309 e. The highest BCUT2D eigenvalue weighted by molar-refractivity contribution is 5.04. The SMILES string of the molecule is CC(C)N1CC2CCCC(C1)C2NCc1cnn(C)c1. The van der Waals surface area contributed by atoms with E-state index in [-0.39, 0.29) is 0 Å². The fraction of sp³-hybridized carbons (Fsp3) is 0.812. The van der Waals surface area contributed by atoms with E-state index in [1.807, 2.05) is 17.9 Å². The number of nitrogens with zero attached hydrogens (tertiary/aromatic N) is 3. The highest BCUT2D eigenvalue weighted by atomic mass is 15.2. The van der Waals surface area contributed by atoms with E-state index in [0.29, 0.717) is 12.1 Å². The van der Waals surface area contributed by atoms with E-state index >= 15 is 0 Å². The van der Waals surface area contributed by atoms with Crippen molar-refractivity contribution >= 4 is 0 Å². The van der Waals surface area contributed by atoms with Crippen molar-refractivity contribution in [2.45, 2.75) is 51.7 Å². The summed E-state index contributed by atoms with van der Waals surface area (Å²) in [7, 11) is 1.99. The molecule has 0 amide bonds. The molecule has 4 nitrogen and oxygen atoms in total. The number of aryl methyl sites for hydroxylation is 1. The number of hydrogen-bond donors (Lipinski definition) is 1. The van der Waals surface area contributed by atoms with Crippen molar-refractivity contribution in [1.82, 2.24) is 20.0 Å². The van der Waals surface area contributed by atoms with Gasteiger partial charge in [-0.1, -0.05) is 6.42 Å². The maximum Gasteiger partial charge on any atom is 0.0534 e. The molecule has 1 N–H and O–H groups in total. The first-order valence-electron chi connectivity index (χ1n) is 8.08. The Morgan fingerprint density at radius 3 is 2.55 bits per heavy atom. The van der Waals surface area contributed by atoms with Crippen LogP contribution >= 0.6 is 0 Å². The van der Waals surface area contributed by atoms with Gasteiger partial charge in [0.2, 0.25) is 0 Å². The number of likely N-dealkylation sites (tertiary alicyclic amines) is 1. The Hall–Kier alpha value is -0.870. The molecule has 2 unspecified atom stereocenters. The molecule has 112 valence electrons. The van der Waals surface area contributed by atoms with Gasteiger partial charge in [0.05, 0.1) is 6.20 Å². The van der Waals surface area contributed by atoms with Crippen molar-refractivity contribution in [3.05, 3.63) is 18.0 Å². The number of hydrogen-bond acceptors (Lipinski definition) is 3. The van der Waals surface area contributed by atoms with Crippen LogP contribution in [0.3, 0.4) is 0 Å². The standard InChI is InChI=1S/C16H28N4/c1-12(2)20-10-14-5-4-6-15(11-20)16(14)17-7-13-8-18-19(3)9-13/h8-9,12,14-17H,4-7,10-11H2,1-3H3. The Balaban J connectivity index is 1.61. The summed E-state index contributed by atoms with van der Waals surface area (Å²) in [6.07, 6.45) is 8.30. The molecule has 0 spiro atoms. The molecule has 0 radical (unpaired) electrons. The third-order valence-electron chi connectivity index (χ3n) is 5.13. The lowest BCUT2D eigenvalue weighted by Gasteiger charge is -2.49. The third-order valence-corrected chi connectivity index (χ3v) is 5.13. The Labute approximate surface area is 122 Å². The molecule has 2 atom stereocenters. The summed E-state index contributed by atoms with van der Waals surface area (Å²) in [4.78, 5) is 2.68. The van der Waals surface area contributed by atoms with E-state index in [2.05, 4.69) is 35.4 Å². The van der Waals surface area contributed by atoms with E-state index in [0.717, 1.165) is 18.4 Å². The van der Waals surface area contributed by atoms with E-state index in [4.69, 9.17) is 0 Å². The van der Waals surface area contributed by atoms with Gasteiger partial charge in [-0.05, 0) is 38.5 Å². The van der Waals surface area contributed by atoms with E-state index in [1.165, 1.54) is 37.9 Å². The van der Waals surface area contributed by atoms with Crippen LogP contribution in [-0.4, -0.2) is 39.9 Å². The van der Waals surface area contributed by atoms with Gasteiger partial charge in [-0.3, -0.25) is 4.68 Å². The van der Waals surface area contributed by atoms with Crippen molar-refractivity contribution in [1.29, 1.82) is 0 Å². The molecular formula is C16H28N4. The van der Waals surface area contributed by atoms with Crippen LogP contribution < -0.4 is 5.32 Å². The summed E-state index contributed by atoms with van der Waals surface area (Å²) in [6, 6.07) is 1.40. The summed E-state index contributed by atoms with van der Waals surface area (Å²) in [5, 5.41) is 8.09. The number of piperidine rings is 1. The predicted octanol–water partition coefficient (Wildman–Crippen LogP) is 2.02. The Kier molecular flexibility index (Phi) is 4.13.